The molecule has 0 unspecified atom stereocenters. The van der Waals surface area contributed by atoms with Crippen LogP contribution < -0.4 is 5.32 Å². The standard InChI is InChI=1S/C16H19N5O3/c1-10-18-8-12(19-10)14-15(17-6-7-23-2)21-9-11(16(22)24-3)4-5-13(21)20-14/h4-5,8-9,17H,6-7H2,1-3H3,(H,18,19). The van der Waals surface area contributed by atoms with E-state index in [4.69, 9.17) is 9.47 Å². The molecule has 3 rings (SSSR count). The summed E-state index contributed by atoms with van der Waals surface area (Å²) < 4.78 is 11.7. The summed E-state index contributed by atoms with van der Waals surface area (Å²) in [5.41, 5.74) is 2.59. The van der Waals surface area contributed by atoms with E-state index in [0.29, 0.717) is 30.1 Å². The first kappa shape index (κ1) is 16.0. The van der Waals surface area contributed by atoms with Gasteiger partial charge in [-0.05, 0) is 19.1 Å². The van der Waals surface area contributed by atoms with Crippen LogP contribution in [0.3, 0.4) is 0 Å². The fraction of sp³-hybridized carbons (Fsp3) is 0.312. The average molecular weight is 329 g/mol. The fourth-order valence-electron chi connectivity index (χ4n) is 2.44. The van der Waals surface area contributed by atoms with Crippen molar-refractivity contribution in [3.05, 3.63) is 35.9 Å². The molecule has 0 aliphatic rings. The van der Waals surface area contributed by atoms with Crippen molar-refractivity contribution in [2.24, 2.45) is 0 Å². The lowest BCUT2D eigenvalue weighted by Gasteiger charge is -2.08. The van der Waals surface area contributed by atoms with Crippen LogP contribution in [0, 0.1) is 6.92 Å². The molecule has 0 saturated heterocycles. The highest BCUT2D eigenvalue weighted by atomic mass is 16.5. The molecule has 0 aromatic carbocycles. The predicted octanol–water partition coefficient (Wildman–Crippen LogP) is 1.88. The lowest BCUT2D eigenvalue weighted by molar-refractivity contribution is 0.0600. The lowest BCUT2D eigenvalue weighted by atomic mass is 10.3. The number of aromatic amines is 1. The van der Waals surface area contributed by atoms with Crippen molar-refractivity contribution in [3.8, 4) is 11.4 Å². The summed E-state index contributed by atoms with van der Waals surface area (Å²) in [6.45, 7) is 3.03. The van der Waals surface area contributed by atoms with Gasteiger partial charge in [0.15, 0.2) is 0 Å². The number of aromatic nitrogens is 4. The molecule has 24 heavy (non-hydrogen) atoms. The largest absolute Gasteiger partial charge is 0.465 e. The van der Waals surface area contributed by atoms with Crippen LogP contribution in [0.5, 0.6) is 0 Å². The molecule has 0 bridgehead atoms. The number of carbonyl (C=O) groups excluding carboxylic acids is 1. The third-order valence-electron chi connectivity index (χ3n) is 3.59. The van der Waals surface area contributed by atoms with E-state index < -0.39 is 5.97 Å². The molecule has 0 amide bonds. The highest BCUT2D eigenvalue weighted by molar-refractivity contribution is 5.89. The van der Waals surface area contributed by atoms with E-state index in [1.54, 1.807) is 31.6 Å². The summed E-state index contributed by atoms with van der Waals surface area (Å²) in [7, 11) is 3.00. The second kappa shape index (κ2) is 6.71. The maximum absolute atomic E-state index is 11.8. The highest BCUT2D eigenvalue weighted by Gasteiger charge is 2.17. The van der Waals surface area contributed by atoms with Crippen LogP contribution in [0.15, 0.2) is 24.5 Å². The van der Waals surface area contributed by atoms with Crippen LogP contribution in [0.2, 0.25) is 0 Å². The molecule has 3 heterocycles. The quantitative estimate of drug-likeness (QED) is 0.530. The number of carbonyl (C=O) groups is 1. The molecule has 3 aromatic rings. The van der Waals surface area contributed by atoms with Gasteiger partial charge < -0.3 is 19.8 Å². The number of nitrogens with one attached hydrogen (secondary N) is 2. The minimum Gasteiger partial charge on any atom is -0.465 e. The third kappa shape index (κ3) is 2.95. The number of esters is 1. The topological polar surface area (TPSA) is 93.5 Å². The van der Waals surface area contributed by atoms with Gasteiger partial charge in [0.05, 0.1) is 19.3 Å². The van der Waals surface area contributed by atoms with Gasteiger partial charge in [0.2, 0.25) is 0 Å². The molecule has 8 heteroatoms. The summed E-state index contributed by atoms with van der Waals surface area (Å²) in [6.07, 6.45) is 3.51. The number of pyridine rings is 1. The molecule has 126 valence electrons. The van der Waals surface area contributed by atoms with Gasteiger partial charge >= 0.3 is 5.97 Å². The molecular weight excluding hydrogens is 310 g/mol. The van der Waals surface area contributed by atoms with Crippen molar-refractivity contribution < 1.29 is 14.3 Å². The van der Waals surface area contributed by atoms with Crippen molar-refractivity contribution in [3.63, 3.8) is 0 Å². The van der Waals surface area contributed by atoms with Crippen molar-refractivity contribution in [1.82, 2.24) is 19.4 Å². The number of methoxy groups -OCH3 is 2. The summed E-state index contributed by atoms with van der Waals surface area (Å²) in [5.74, 6) is 1.16. The van der Waals surface area contributed by atoms with Gasteiger partial charge in [0.25, 0.3) is 0 Å². The first-order valence-electron chi connectivity index (χ1n) is 7.49. The SMILES string of the molecule is COCCNc1c(-c2c[nH]c(C)n2)nc2ccc(C(=O)OC)cn12. The summed E-state index contributed by atoms with van der Waals surface area (Å²) in [6, 6.07) is 3.46. The van der Waals surface area contributed by atoms with Gasteiger partial charge in [0.1, 0.15) is 28.7 Å². The Balaban J connectivity index is 2.11. The monoisotopic (exact) mass is 329 g/mol. The number of nitrogens with zero attached hydrogens (tertiary/aromatic N) is 3. The summed E-state index contributed by atoms with van der Waals surface area (Å²) in [4.78, 5) is 23.9. The molecule has 0 spiro atoms. The Morgan fingerprint density at radius 1 is 1.33 bits per heavy atom. The van der Waals surface area contributed by atoms with Gasteiger partial charge in [-0.25, -0.2) is 14.8 Å². The van der Waals surface area contributed by atoms with Gasteiger partial charge in [0, 0.05) is 26.0 Å². The molecule has 8 nitrogen and oxygen atoms in total. The number of aryl methyl sites for hydroxylation is 1. The van der Waals surface area contributed by atoms with Gasteiger partial charge in [-0.15, -0.1) is 0 Å². The van der Waals surface area contributed by atoms with E-state index in [0.717, 1.165) is 17.3 Å². The number of fused-ring (bicyclic) bond motifs is 1. The van der Waals surface area contributed by atoms with Crippen LogP contribution in [0.1, 0.15) is 16.2 Å². The fourth-order valence-corrected chi connectivity index (χ4v) is 2.44. The molecule has 0 atom stereocenters. The van der Waals surface area contributed by atoms with Gasteiger partial charge in [-0.1, -0.05) is 0 Å². The molecular formula is C16H19N5O3. The van der Waals surface area contributed by atoms with Gasteiger partial charge in [-0.2, -0.15) is 0 Å². The van der Waals surface area contributed by atoms with E-state index >= 15 is 0 Å². The van der Waals surface area contributed by atoms with Crippen molar-refractivity contribution in [1.29, 1.82) is 0 Å². The van der Waals surface area contributed by atoms with Crippen molar-refractivity contribution in [2.45, 2.75) is 6.92 Å². The average Bonchev–Trinajstić information content (AvgIpc) is 3.17. The Kier molecular flexibility index (Phi) is 4.48. The second-order valence-corrected chi connectivity index (χ2v) is 5.24. The lowest BCUT2D eigenvalue weighted by Crippen LogP contribution is -2.11. The first-order chi connectivity index (χ1) is 11.6. The number of ether oxygens (including phenoxy) is 2. The molecule has 0 aliphatic heterocycles. The van der Waals surface area contributed by atoms with Crippen LogP contribution in [0.25, 0.3) is 17.0 Å². The van der Waals surface area contributed by atoms with E-state index in [2.05, 4.69) is 20.3 Å². The van der Waals surface area contributed by atoms with Crippen LogP contribution in [-0.4, -0.2) is 52.7 Å². The first-order valence-corrected chi connectivity index (χ1v) is 7.49. The van der Waals surface area contributed by atoms with E-state index in [1.807, 2.05) is 11.3 Å². The molecule has 0 aliphatic carbocycles. The van der Waals surface area contributed by atoms with E-state index in [1.165, 1.54) is 7.11 Å². The van der Waals surface area contributed by atoms with E-state index in [-0.39, 0.29) is 0 Å². The second-order valence-electron chi connectivity index (χ2n) is 5.24. The van der Waals surface area contributed by atoms with Crippen molar-refractivity contribution >= 4 is 17.4 Å². The Morgan fingerprint density at radius 3 is 2.83 bits per heavy atom. The number of rotatable bonds is 6. The molecule has 2 N–H and O–H groups in total. The summed E-state index contributed by atoms with van der Waals surface area (Å²) >= 11 is 0. The van der Waals surface area contributed by atoms with E-state index in [9.17, 15) is 4.79 Å². The molecule has 0 saturated carbocycles. The minimum absolute atomic E-state index is 0.398. The van der Waals surface area contributed by atoms with Crippen LogP contribution >= 0.6 is 0 Å². The maximum atomic E-state index is 11.8. The molecule has 0 radical (unpaired) electrons. The third-order valence-corrected chi connectivity index (χ3v) is 3.59. The van der Waals surface area contributed by atoms with Crippen LogP contribution in [-0.2, 0) is 9.47 Å². The maximum Gasteiger partial charge on any atom is 0.339 e. The Bertz CT molecular complexity index is 868. The Morgan fingerprint density at radius 2 is 2.17 bits per heavy atom. The number of hydrogen-bond donors (Lipinski definition) is 2. The Labute approximate surface area is 138 Å². The summed E-state index contributed by atoms with van der Waals surface area (Å²) in [5, 5.41) is 3.30. The number of imidazole rings is 2. The smallest absolute Gasteiger partial charge is 0.339 e. The molecule has 3 aromatic heterocycles. The number of H-pyrrole nitrogens is 1. The van der Waals surface area contributed by atoms with Gasteiger partial charge in [-0.3, -0.25) is 4.40 Å². The van der Waals surface area contributed by atoms with Crippen molar-refractivity contribution in [2.75, 3.05) is 32.7 Å². The normalized spacial score (nSPS) is 11.0. The predicted molar refractivity (Wildman–Crippen MR) is 89.2 cm³/mol. The highest BCUT2D eigenvalue weighted by Crippen LogP contribution is 2.28. The number of anilines is 1. The minimum atomic E-state index is -0.398. The zero-order valence-electron chi connectivity index (χ0n) is 13.8. The molecule has 0 fully saturated rings. The Hall–Kier alpha value is -2.87. The zero-order chi connectivity index (χ0) is 17.1. The zero-order valence-corrected chi connectivity index (χ0v) is 13.8. The van der Waals surface area contributed by atoms with Crippen LogP contribution in [0.4, 0.5) is 5.82 Å². The number of hydrogen-bond acceptors (Lipinski definition) is 6.